The van der Waals surface area contributed by atoms with Gasteiger partial charge in [0, 0.05) is 0 Å². The van der Waals surface area contributed by atoms with Crippen LogP contribution in [0.15, 0.2) is 12.7 Å². The van der Waals surface area contributed by atoms with Crippen LogP contribution in [-0.4, -0.2) is 0 Å². The summed E-state index contributed by atoms with van der Waals surface area (Å²) < 4.78 is 0. The first kappa shape index (κ1) is 6.45. The fourth-order valence-electron chi connectivity index (χ4n) is 2.72. The average Bonchev–Trinajstić information content (AvgIpc) is 2.06. The van der Waals surface area contributed by atoms with Gasteiger partial charge in [-0.3, -0.25) is 0 Å². The molecule has 3 rings (SSSR count). The standard InChI is InChI=1S/C10H16/c1-2-9-7-8-3-5-10(9)6-4-8/h2,8-10H,1,3-7H2. The summed E-state index contributed by atoms with van der Waals surface area (Å²) in [5.41, 5.74) is 0. The van der Waals surface area contributed by atoms with Gasteiger partial charge in [-0.1, -0.05) is 18.9 Å². The zero-order valence-electron chi connectivity index (χ0n) is 6.55. The van der Waals surface area contributed by atoms with Crippen molar-refractivity contribution in [2.75, 3.05) is 0 Å². The van der Waals surface area contributed by atoms with E-state index in [1.165, 1.54) is 32.1 Å². The number of rotatable bonds is 1. The van der Waals surface area contributed by atoms with Gasteiger partial charge >= 0.3 is 0 Å². The molecule has 0 radical (unpaired) electrons. The number of fused-ring (bicyclic) bond motifs is 3. The summed E-state index contributed by atoms with van der Waals surface area (Å²) >= 11 is 0. The minimum absolute atomic E-state index is 0.882. The maximum Gasteiger partial charge on any atom is -0.0205 e. The summed E-state index contributed by atoms with van der Waals surface area (Å²) in [5.74, 6) is 2.96. The van der Waals surface area contributed by atoms with Gasteiger partial charge < -0.3 is 0 Å². The van der Waals surface area contributed by atoms with E-state index in [9.17, 15) is 0 Å². The molecular weight excluding hydrogens is 120 g/mol. The molecule has 1 unspecified atom stereocenters. The molecular formula is C10H16. The summed E-state index contributed by atoms with van der Waals surface area (Å²) in [6.45, 7) is 3.90. The molecule has 0 heterocycles. The Balaban J connectivity index is 2.07. The molecule has 0 heteroatoms. The first-order valence-corrected chi connectivity index (χ1v) is 4.52. The van der Waals surface area contributed by atoms with Crippen LogP contribution in [0, 0.1) is 17.8 Å². The van der Waals surface area contributed by atoms with E-state index in [4.69, 9.17) is 0 Å². The van der Waals surface area contributed by atoms with Gasteiger partial charge in [-0.15, -0.1) is 6.58 Å². The largest absolute Gasteiger partial charge is 0.103 e. The maximum atomic E-state index is 3.90. The van der Waals surface area contributed by atoms with Gasteiger partial charge in [0.2, 0.25) is 0 Å². The third-order valence-electron chi connectivity index (χ3n) is 3.41. The Morgan fingerprint density at radius 1 is 1.10 bits per heavy atom. The zero-order valence-corrected chi connectivity index (χ0v) is 6.55. The Kier molecular flexibility index (Phi) is 1.55. The van der Waals surface area contributed by atoms with Crippen molar-refractivity contribution in [1.29, 1.82) is 0 Å². The normalized spacial score (nSPS) is 45.4. The van der Waals surface area contributed by atoms with Crippen LogP contribution in [-0.2, 0) is 0 Å². The van der Waals surface area contributed by atoms with E-state index in [2.05, 4.69) is 12.7 Å². The molecule has 3 fully saturated rings. The fraction of sp³-hybridized carbons (Fsp3) is 0.800. The molecule has 0 saturated heterocycles. The average molecular weight is 136 g/mol. The van der Waals surface area contributed by atoms with E-state index < -0.39 is 0 Å². The fourth-order valence-corrected chi connectivity index (χ4v) is 2.72. The van der Waals surface area contributed by atoms with E-state index in [-0.39, 0.29) is 0 Å². The number of allylic oxidation sites excluding steroid dienone is 1. The highest BCUT2D eigenvalue weighted by Crippen LogP contribution is 2.45. The molecule has 0 nitrogen and oxygen atoms in total. The molecule has 0 aromatic rings. The molecule has 2 bridgehead atoms. The lowest BCUT2D eigenvalue weighted by Crippen LogP contribution is -2.29. The second-order valence-electron chi connectivity index (χ2n) is 3.92. The van der Waals surface area contributed by atoms with Crippen molar-refractivity contribution >= 4 is 0 Å². The third kappa shape index (κ3) is 0.902. The van der Waals surface area contributed by atoms with E-state index in [0.29, 0.717) is 0 Å². The van der Waals surface area contributed by atoms with Crippen LogP contribution in [0.3, 0.4) is 0 Å². The van der Waals surface area contributed by atoms with Gasteiger partial charge in [0.15, 0.2) is 0 Å². The Bertz CT molecular complexity index is 129. The lowest BCUT2D eigenvalue weighted by atomic mass is 9.65. The van der Waals surface area contributed by atoms with Gasteiger partial charge in [-0.05, 0) is 37.0 Å². The van der Waals surface area contributed by atoms with Crippen molar-refractivity contribution in [3.05, 3.63) is 12.7 Å². The van der Waals surface area contributed by atoms with E-state index in [1.807, 2.05) is 0 Å². The minimum Gasteiger partial charge on any atom is -0.103 e. The smallest absolute Gasteiger partial charge is 0.0205 e. The van der Waals surface area contributed by atoms with Crippen molar-refractivity contribution in [1.82, 2.24) is 0 Å². The van der Waals surface area contributed by atoms with Crippen LogP contribution in [0.1, 0.15) is 32.1 Å². The number of hydrogen-bond acceptors (Lipinski definition) is 0. The molecule has 0 aliphatic heterocycles. The van der Waals surface area contributed by atoms with Gasteiger partial charge in [-0.2, -0.15) is 0 Å². The first-order valence-electron chi connectivity index (χ1n) is 4.52. The summed E-state index contributed by atoms with van der Waals surface area (Å²) in [6.07, 6.45) is 9.64. The van der Waals surface area contributed by atoms with E-state index in [1.54, 1.807) is 0 Å². The van der Waals surface area contributed by atoms with Crippen molar-refractivity contribution in [3.8, 4) is 0 Å². The van der Waals surface area contributed by atoms with Crippen LogP contribution in [0.25, 0.3) is 0 Å². The Hall–Kier alpha value is -0.260. The van der Waals surface area contributed by atoms with E-state index >= 15 is 0 Å². The summed E-state index contributed by atoms with van der Waals surface area (Å²) in [6, 6.07) is 0. The van der Waals surface area contributed by atoms with Crippen molar-refractivity contribution in [2.24, 2.45) is 17.8 Å². The van der Waals surface area contributed by atoms with Crippen molar-refractivity contribution in [3.63, 3.8) is 0 Å². The number of hydrogen-bond donors (Lipinski definition) is 0. The van der Waals surface area contributed by atoms with Gasteiger partial charge in [0.1, 0.15) is 0 Å². The second-order valence-corrected chi connectivity index (χ2v) is 3.92. The van der Waals surface area contributed by atoms with Gasteiger partial charge in [-0.25, -0.2) is 0 Å². The molecule has 3 saturated carbocycles. The van der Waals surface area contributed by atoms with Crippen LogP contribution in [0.4, 0.5) is 0 Å². The Morgan fingerprint density at radius 2 is 1.80 bits per heavy atom. The molecule has 3 aliphatic carbocycles. The van der Waals surface area contributed by atoms with Crippen LogP contribution >= 0.6 is 0 Å². The van der Waals surface area contributed by atoms with E-state index in [0.717, 1.165) is 17.8 Å². The predicted molar refractivity (Wildman–Crippen MR) is 43.8 cm³/mol. The van der Waals surface area contributed by atoms with Crippen LogP contribution in [0.2, 0.25) is 0 Å². The lowest BCUT2D eigenvalue weighted by Gasteiger charge is -2.41. The molecule has 0 N–H and O–H groups in total. The molecule has 56 valence electrons. The lowest BCUT2D eigenvalue weighted by molar-refractivity contribution is 0.128. The van der Waals surface area contributed by atoms with Crippen molar-refractivity contribution < 1.29 is 0 Å². The molecule has 0 amide bonds. The van der Waals surface area contributed by atoms with Gasteiger partial charge in [0.25, 0.3) is 0 Å². The molecule has 3 aliphatic rings. The third-order valence-corrected chi connectivity index (χ3v) is 3.41. The minimum atomic E-state index is 0.882. The first-order chi connectivity index (χ1) is 4.90. The molecule has 0 aromatic carbocycles. The van der Waals surface area contributed by atoms with Crippen molar-refractivity contribution in [2.45, 2.75) is 32.1 Å². The van der Waals surface area contributed by atoms with Crippen LogP contribution < -0.4 is 0 Å². The Morgan fingerprint density at radius 3 is 2.10 bits per heavy atom. The summed E-state index contributed by atoms with van der Waals surface area (Å²) in [4.78, 5) is 0. The predicted octanol–water partition coefficient (Wildman–Crippen LogP) is 3.00. The maximum absolute atomic E-state index is 3.90. The topological polar surface area (TPSA) is 0 Å². The quantitative estimate of drug-likeness (QED) is 0.486. The Labute approximate surface area is 63.3 Å². The summed E-state index contributed by atoms with van der Waals surface area (Å²) in [7, 11) is 0. The highest BCUT2D eigenvalue weighted by atomic mass is 14.4. The molecule has 10 heavy (non-hydrogen) atoms. The SMILES string of the molecule is C=CC1CC2CCC1CC2. The molecule has 0 spiro atoms. The molecule has 0 aromatic heterocycles. The molecule has 1 atom stereocenters. The summed E-state index contributed by atoms with van der Waals surface area (Å²) in [5, 5.41) is 0. The van der Waals surface area contributed by atoms with Crippen LogP contribution in [0.5, 0.6) is 0 Å². The second kappa shape index (κ2) is 2.41. The van der Waals surface area contributed by atoms with Gasteiger partial charge in [0.05, 0.1) is 0 Å². The highest BCUT2D eigenvalue weighted by molar-refractivity contribution is 4.94. The monoisotopic (exact) mass is 136 g/mol. The highest BCUT2D eigenvalue weighted by Gasteiger charge is 2.33. The zero-order chi connectivity index (χ0) is 6.97.